The van der Waals surface area contributed by atoms with Gasteiger partial charge in [0.25, 0.3) is 5.56 Å². The van der Waals surface area contributed by atoms with Crippen LogP contribution in [0.25, 0.3) is 11.1 Å². The molecular formula is C23H23N3O3. The number of carbonyl (C=O) groups excluding carboxylic acids is 1. The van der Waals surface area contributed by atoms with Gasteiger partial charge in [0.1, 0.15) is 17.2 Å². The number of anilines is 2. The van der Waals surface area contributed by atoms with Crippen molar-refractivity contribution in [2.24, 2.45) is 7.05 Å². The molecule has 1 aromatic heterocycles. The molecule has 2 N–H and O–H groups in total. The maximum absolute atomic E-state index is 12.2. The second-order valence-corrected chi connectivity index (χ2v) is 6.63. The van der Waals surface area contributed by atoms with Gasteiger partial charge >= 0.3 is 0 Å². The molecule has 0 bridgehead atoms. The zero-order valence-electron chi connectivity index (χ0n) is 16.7. The molecule has 0 radical (unpaired) electrons. The molecule has 29 heavy (non-hydrogen) atoms. The number of ether oxygens (including phenoxy) is 1. The maximum atomic E-state index is 12.2. The van der Waals surface area contributed by atoms with Gasteiger partial charge in [-0.25, -0.2) is 0 Å². The van der Waals surface area contributed by atoms with E-state index in [4.69, 9.17) is 4.74 Å². The summed E-state index contributed by atoms with van der Waals surface area (Å²) in [6, 6.07) is 14.9. The van der Waals surface area contributed by atoms with Crippen LogP contribution < -0.4 is 20.9 Å². The first-order valence-electron chi connectivity index (χ1n) is 9.12. The highest BCUT2D eigenvalue weighted by Crippen LogP contribution is 2.36. The summed E-state index contributed by atoms with van der Waals surface area (Å²) in [6.45, 7) is 5.49. The highest BCUT2D eigenvalue weighted by Gasteiger charge is 2.13. The average molecular weight is 389 g/mol. The summed E-state index contributed by atoms with van der Waals surface area (Å²) >= 11 is 0. The van der Waals surface area contributed by atoms with Crippen molar-refractivity contribution in [1.82, 2.24) is 4.57 Å². The van der Waals surface area contributed by atoms with Crippen LogP contribution in [0.2, 0.25) is 0 Å². The first kappa shape index (κ1) is 19.9. The summed E-state index contributed by atoms with van der Waals surface area (Å²) in [5, 5.41) is 5.68. The van der Waals surface area contributed by atoms with E-state index in [0.29, 0.717) is 22.9 Å². The number of rotatable bonds is 6. The van der Waals surface area contributed by atoms with Crippen molar-refractivity contribution < 1.29 is 9.53 Å². The number of pyridine rings is 1. The van der Waals surface area contributed by atoms with E-state index in [-0.39, 0.29) is 11.5 Å². The molecule has 0 aliphatic heterocycles. The van der Waals surface area contributed by atoms with E-state index in [0.717, 1.165) is 16.7 Å². The van der Waals surface area contributed by atoms with Gasteiger partial charge in [0.05, 0.1) is 0 Å². The van der Waals surface area contributed by atoms with Gasteiger partial charge in [-0.3, -0.25) is 9.59 Å². The van der Waals surface area contributed by atoms with E-state index >= 15 is 0 Å². The molecule has 0 aliphatic carbocycles. The van der Waals surface area contributed by atoms with Gasteiger partial charge in [0.15, 0.2) is 0 Å². The number of benzene rings is 2. The van der Waals surface area contributed by atoms with Crippen LogP contribution in [0.4, 0.5) is 11.4 Å². The monoisotopic (exact) mass is 389 g/mol. The van der Waals surface area contributed by atoms with Crippen molar-refractivity contribution in [1.29, 1.82) is 0 Å². The molecule has 1 amide bonds. The Hall–Kier alpha value is -3.80. The molecule has 0 aliphatic rings. The predicted molar refractivity (Wildman–Crippen MR) is 117 cm³/mol. The summed E-state index contributed by atoms with van der Waals surface area (Å²) in [4.78, 5) is 24.0. The predicted octanol–water partition coefficient (Wildman–Crippen LogP) is 4.32. The minimum absolute atomic E-state index is 0.131. The van der Waals surface area contributed by atoms with Crippen LogP contribution in [0, 0.1) is 6.92 Å². The third-order valence-electron chi connectivity index (χ3n) is 4.44. The third-order valence-corrected chi connectivity index (χ3v) is 4.44. The molecule has 1 heterocycles. The Morgan fingerprint density at radius 3 is 2.52 bits per heavy atom. The fourth-order valence-corrected chi connectivity index (χ4v) is 2.89. The zero-order chi connectivity index (χ0) is 21.0. The number of hydrogen-bond acceptors (Lipinski definition) is 4. The lowest BCUT2D eigenvalue weighted by Crippen LogP contribution is -2.19. The van der Waals surface area contributed by atoms with Crippen LogP contribution in [0.15, 0.2) is 72.2 Å². The van der Waals surface area contributed by atoms with E-state index in [1.165, 1.54) is 10.6 Å². The van der Waals surface area contributed by atoms with E-state index in [9.17, 15) is 9.59 Å². The smallest absolute Gasteiger partial charge is 0.273 e. The van der Waals surface area contributed by atoms with Crippen molar-refractivity contribution in [2.75, 3.05) is 17.7 Å². The molecule has 0 atom stereocenters. The lowest BCUT2D eigenvalue weighted by atomic mass is 10.0. The SMILES string of the molecule is C=CC(=O)Nc1ccc(Oc2ccc(C)cc2)c(-c2cc(NC)c(=O)n(C)c2)c1. The number of nitrogens with one attached hydrogen (secondary N) is 2. The molecule has 0 saturated carbocycles. The molecule has 0 spiro atoms. The topological polar surface area (TPSA) is 72.4 Å². The minimum atomic E-state index is -0.306. The number of aryl methyl sites for hydroxylation is 2. The second-order valence-electron chi connectivity index (χ2n) is 6.63. The number of nitrogens with zero attached hydrogens (tertiary/aromatic N) is 1. The van der Waals surface area contributed by atoms with Crippen LogP contribution >= 0.6 is 0 Å². The van der Waals surface area contributed by atoms with Gasteiger partial charge in [-0.1, -0.05) is 24.3 Å². The minimum Gasteiger partial charge on any atom is -0.457 e. The van der Waals surface area contributed by atoms with E-state index in [1.54, 1.807) is 38.5 Å². The van der Waals surface area contributed by atoms with Crippen molar-refractivity contribution in [3.63, 3.8) is 0 Å². The number of carbonyl (C=O) groups is 1. The van der Waals surface area contributed by atoms with Gasteiger partial charge in [0, 0.05) is 37.1 Å². The van der Waals surface area contributed by atoms with Crippen molar-refractivity contribution in [2.45, 2.75) is 6.92 Å². The van der Waals surface area contributed by atoms with Crippen LogP contribution in [0.1, 0.15) is 5.56 Å². The zero-order valence-corrected chi connectivity index (χ0v) is 16.7. The van der Waals surface area contributed by atoms with Crippen LogP contribution in [-0.4, -0.2) is 17.5 Å². The lowest BCUT2D eigenvalue weighted by molar-refractivity contribution is -0.111. The summed E-state index contributed by atoms with van der Waals surface area (Å²) in [5.41, 5.74) is 3.57. The first-order valence-corrected chi connectivity index (χ1v) is 9.12. The fraction of sp³-hybridized carbons (Fsp3) is 0.130. The Morgan fingerprint density at radius 1 is 1.14 bits per heavy atom. The molecule has 2 aromatic carbocycles. The molecule has 148 valence electrons. The van der Waals surface area contributed by atoms with E-state index in [1.807, 2.05) is 37.3 Å². The standard InChI is InChI=1S/C23H23N3O3/c1-5-22(27)25-17-8-11-21(29-18-9-6-15(2)7-10-18)19(13-17)16-12-20(24-3)23(28)26(4)14-16/h5-14,24H,1H2,2-4H3,(H,25,27). The summed E-state index contributed by atoms with van der Waals surface area (Å²) in [6.07, 6.45) is 2.95. The van der Waals surface area contributed by atoms with E-state index in [2.05, 4.69) is 17.2 Å². The quantitative estimate of drug-likeness (QED) is 0.616. The molecule has 3 aromatic rings. The second kappa shape index (κ2) is 8.48. The first-order chi connectivity index (χ1) is 13.9. The lowest BCUT2D eigenvalue weighted by Gasteiger charge is -2.15. The molecular weight excluding hydrogens is 366 g/mol. The Balaban J connectivity index is 2.12. The summed E-state index contributed by atoms with van der Waals surface area (Å²) < 4.78 is 7.61. The summed E-state index contributed by atoms with van der Waals surface area (Å²) in [5.74, 6) is 0.990. The van der Waals surface area contributed by atoms with Crippen LogP contribution in [0.5, 0.6) is 11.5 Å². The highest BCUT2D eigenvalue weighted by molar-refractivity contribution is 5.99. The Bertz CT molecular complexity index is 1120. The Morgan fingerprint density at radius 2 is 1.86 bits per heavy atom. The van der Waals surface area contributed by atoms with Gasteiger partial charge in [-0.2, -0.15) is 0 Å². The normalized spacial score (nSPS) is 10.3. The average Bonchev–Trinajstić information content (AvgIpc) is 2.72. The Kier molecular flexibility index (Phi) is 5.83. The number of aromatic nitrogens is 1. The molecule has 0 saturated heterocycles. The van der Waals surface area contributed by atoms with Gasteiger partial charge in [0.2, 0.25) is 5.91 Å². The molecule has 0 fully saturated rings. The van der Waals surface area contributed by atoms with Crippen LogP contribution in [0.3, 0.4) is 0 Å². The molecule has 6 nitrogen and oxygen atoms in total. The molecule has 6 heteroatoms. The van der Waals surface area contributed by atoms with Gasteiger partial charge in [-0.05, 0) is 49.4 Å². The van der Waals surface area contributed by atoms with Gasteiger partial charge < -0.3 is 19.9 Å². The molecule has 0 unspecified atom stereocenters. The van der Waals surface area contributed by atoms with Crippen molar-refractivity contribution in [3.8, 4) is 22.6 Å². The van der Waals surface area contributed by atoms with Crippen LogP contribution in [-0.2, 0) is 11.8 Å². The largest absolute Gasteiger partial charge is 0.457 e. The number of hydrogen-bond donors (Lipinski definition) is 2. The third kappa shape index (κ3) is 4.55. The fourth-order valence-electron chi connectivity index (χ4n) is 2.89. The van der Waals surface area contributed by atoms with Crippen molar-refractivity contribution >= 4 is 17.3 Å². The molecule has 3 rings (SSSR count). The van der Waals surface area contributed by atoms with Gasteiger partial charge in [-0.15, -0.1) is 0 Å². The number of amides is 1. The Labute approximate surface area is 169 Å². The highest BCUT2D eigenvalue weighted by atomic mass is 16.5. The maximum Gasteiger partial charge on any atom is 0.273 e. The van der Waals surface area contributed by atoms with Crippen molar-refractivity contribution in [3.05, 3.63) is 83.3 Å². The van der Waals surface area contributed by atoms with E-state index < -0.39 is 0 Å². The summed E-state index contributed by atoms with van der Waals surface area (Å²) in [7, 11) is 3.39.